The van der Waals surface area contributed by atoms with E-state index in [2.05, 4.69) is 6.92 Å². The van der Waals surface area contributed by atoms with Gasteiger partial charge in [0.1, 0.15) is 5.82 Å². The molecule has 0 aliphatic carbocycles. The number of carboxylic acid groups (broad SMARTS) is 1. The zero-order chi connectivity index (χ0) is 24.6. The molecule has 0 amide bonds. The predicted molar refractivity (Wildman–Crippen MR) is 132 cm³/mol. The number of nitrogens with zero attached hydrogens (tertiary/aromatic N) is 3. The Balaban J connectivity index is 1.92. The first-order chi connectivity index (χ1) is 16.5. The van der Waals surface area contributed by atoms with Gasteiger partial charge in [-0.3, -0.25) is 0 Å². The number of carboxylic acids is 1. The van der Waals surface area contributed by atoms with E-state index in [9.17, 15) is 9.90 Å². The number of aromatic nitrogens is 3. The van der Waals surface area contributed by atoms with Crippen LogP contribution in [0.25, 0.3) is 11.1 Å². The second-order valence-corrected chi connectivity index (χ2v) is 8.09. The molecule has 0 fully saturated rings. The van der Waals surface area contributed by atoms with Crippen LogP contribution >= 0.6 is 0 Å². The monoisotopic (exact) mass is 463 g/mol. The van der Waals surface area contributed by atoms with Crippen LogP contribution in [0.15, 0.2) is 60.7 Å². The fourth-order valence-electron chi connectivity index (χ4n) is 3.92. The molecule has 3 aromatic rings. The zero-order valence-electron chi connectivity index (χ0n) is 20.3. The summed E-state index contributed by atoms with van der Waals surface area (Å²) in [5, 5.41) is 14.2. The summed E-state index contributed by atoms with van der Waals surface area (Å²) in [6, 6.07) is 14.9. The molecule has 0 bridgehead atoms. The highest BCUT2D eigenvalue weighted by molar-refractivity contribution is 5.95. The number of rotatable bonds is 12. The van der Waals surface area contributed by atoms with Crippen molar-refractivity contribution in [3.05, 3.63) is 83.5 Å². The molecule has 180 valence electrons. The molecular formula is C27H33N3O4. The maximum absolute atomic E-state index is 11.6. The van der Waals surface area contributed by atoms with E-state index in [1.54, 1.807) is 26.4 Å². The topological polar surface area (TPSA) is 86.5 Å². The summed E-state index contributed by atoms with van der Waals surface area (Å²) < 4.78 is 13.4. The first-order valence-corrected chi connectivity index (χ1v) is 11.5. The molecule has 0 radical (unpaired) electrons. The van der Waals surface area contributed by atoms with E-state index in [-0.39, 0.29) is 5.56 Å². The lowest BCUT2D eigenvalue weighted by molar-refractivity contribution is -0.226. The average Bonchev–Trinajstić information content (AvgIpc) is 3.27. The van der Waals surface area contributed by atoms with Gasteiger partial charge in [-0.1, -0.05) is 68.0 Å². The molecule has 1 heterocycles. The number of carbonyl (C=O) groups is 1. The summed E-state index contributed by atoms with van der Waals surface area (Å²) in [5.74, 6) is -0.581. The predicted octanol–water partition coefficient (Wildman–Crippen LogP) is 5.45. The van der Waals surface area contributed by atoms with Gasteiger partial charge in [-0.2, -0.15) is 0 Å². The van der Waals surface area contributed by atoms with Gasteiger partial charge in [0.05, 0.1) is 12.1 Å². The van der Waals surface area contributed by atoms with Gasteiger partial charge in [0.15, 0.2) is 0 Å². The summed E-state index contributed by atoms with van der Waals surface area (Å²) in [7, 11) is 3.25. The number of benzene rings is 2. The Morgan fingerprint density at radius 2 is 1.82 bits per heavy atom. The molecule has 34 heavy (non-hydrogen) atoms. The van der Waals surface area contributed by atoms with Crippen LogP contribution < -0.4 is 0 Å². The van der Waals surface area contributed by atoms with Crippen molar-refractivity contribution < 1.29 is 19.4 Å². The molecule has 3 rings (SSSR count). The molecule has 1 N–H and O–H groups in total. The van der Waals surface area contributed by atoms with E-state index in [0.29, 0.717) is 30.8 Å². The minimum absolute atomic E-state index is 0.286. The molecule has 0 saturated carbocycles. The van der Waals surface area contributed by atoms with E-state index in [0.717, 1.165) is 29.8 Å². The van der Waals surface area contributed by atoms with Crippen LogP contribution in [0.4, 0.5) is 0 Å². The van der Waals surface area contributed by atoms with Gasteiger partial charge >= 0.3 is 5.97 Å². The summed E-state index contributed by atoms with van der Waals surface area (Å²) in [5.41, 5.74) is 2.89. The second kappa shape index (κ2) is 11.7. The largest absolute Gasteiger partial charge is 0.478 e. The third-order valence-electron chi connectivity index (χ3n) is 5.91. The highest BCUT2D eigenvalue weighted by Gasteiger charge is 2.37. The van der Waals surface area contributed by atoms with Gasteiger partial charge in [-0.15, -0.1) is 5.10 Å². The Labute approximate surface area is 201 Å². The van der Waals surface area contributed by atoms with Gasteiger partial charge < -0.3 is 14.6 Å². The fourth-order valence-corrected chi connectivity index (χ4v) is 3.92. The van der Waals surface area contributed by atoms with Crippen LogP contribution in [0.5, 0.6) is 0 Å². The normalized spacial score (nSPS) is 11.9. The van der Waals surface area contributed by atoms with Crippen LogP contribution in [0, 0.1) is 0 Å². The molecule has 7 heteroatoms. The minimum Gasteiger partial charge on any atom is -0.478 e. The molecule has 2 aromatic carbocycles. The van der Waals surface area contributed by atoms with Gasteiger partial charge in [-0.25, -0.2) is 14.5 Å². The summed E-state index contributed by atoms with van der Waals surface area (Å²) in [4.78, 5) is 16.4. The van der Waals surface area contributed by atoms with Crippen molar-refractivity contribution in [1.29, 1.82) is 0 Å². The molecule has 0 spiro atoms. The van der Waals surface area contributed by atoms with Crippen molar-refractivity contribution in [3.63, 3.8) is 0 Å². The van der Waals surface area contributed by atoms with E-state index >= 15 is 0 Å². The second-order valence-electron chi connectivity index (χ2n) is 8.09. The van der Waals surface area contributed by atoms with Crippen LogP contribution in [-0.4, -0.2) is 40.1 Å². The number of hydrogen-bond donors (Lipinski definition) is 1. The standard InChI is InChI=1S/C27H33N3O4/c1-5-7-17-27(33-3,34-4)26-28-24(30(29-26)18-8-6-2)19-20-13-15-21(16-14-20)22-11-9-10-12-23(22)25(31)32/h6,8-16H,5,7,17-19H2,1-4H3,(H,31,32). The van der Waals surface area contributed by atoms with Gasteiger partial charge in [-0.05, 0) is 36.1 Å². The number of aromatic carboxylic acids is 1. The smallest absolute Gasteiger partial charge is 0.336 e. The van der Waals surface area contributed by atoms with E-state index in [1.165, 1.54) is 0 Å². The van der Waals surface area contributed by atoms with Crippen LogP contribution in [0.1, 0.15) is 60.7 Å². The SMILES string of the molecule is CC=CCn1nc(C(CCCC)(OC)OC)nc1Cc1ccc(-c2ccccc2C(=O)O)cc1. The Bertz CT molecular complexity index is 1120. The van der Waals surface area contributed by atoms with Gasteiger partial charge in [0.2, 0.25) is 11.6 Å². The van der Waals surface area contributed by atoms with Crippen molar-refractivity contribution in [2.24, 2.45) is 0 Å². The first kappa shape index (κ1) is 25.3. The van der Waals surface area contributed by atoms with E-state index in [4.69, 9.17) is 19.6 Å². The lowest BCUT2D eigenvalue weighted by Gasteiger charge is -2.27. The minimum atomic E-state index is -0.976. The quantitative estimate of drug-likeness (QED) is 0.284. The summed E-state index contributed by atoms with van der Waals surface area (Å²) >= 11 is 0. The van der Waals surface area contributed by atoms with Crippen LogP contribution in [0.3, 0.4) is 0 Å². The molecule has 0 atom stereocenters. The summed E-state index contributed by atoms with van der Waals surface area (Å²) in [6.45, 7) is 4.69. The maximum Gasteiger partial charge on any atom is 0.336 e. The fraction of sp³-hybridized carbons (Fsp3) is 0.370. The number of allylic oxidation sites excluding steroid dienone is 2. The Kier molecular flexibility index (Phi) is 8.73. The molecule has 0 saturated heterocycles. The van der Waals surface area contributed by atoms with Crippen molar-refractivity contribution in [3.8, 4) is 11.1 Å². The highest BCUT2D eigenvalue weighted by atomic mass is 16.7. The summed E-state index contributed by atoms with van der Waals surface area (Å²) in [6.07, 6.45) is 7.19. The Morgan fingerprint density at radius 3 is 2.44 bits per heavy atom. The molecule has 1 aromatic heterocycles. The van der Waals surface area contributed by atoms with Crippen molar-refractivity contribution in [2.45, 2.75) is 51.9 Å². The molecule has 7 nitrogen and oxygen atoms in total. The van der Waals surface area contributed by atoms with Crippen LogP contribution in [-0.2, 0) is 28.2 Å². The average molecular weight is 464 g/mol. The molecule has 0 aliphatic rings. The van der Waals surface area contributed by atoms with Crippen molar-refractivity contribution in [1.82, 2.24) is 14.8 Å². The van der Waals surface area contributed by atoms with Crippen molar-refractivity contribution >= 4 is 5.97 Å². The zero-order valence-corrected chi connectivity index (χ0v) is 20.3. The number of unbranched alkanes of at least 4 members (excludes halogenated alkanes) is 1. The number of hydrogen-bond acceptors (Lipinski definition) is 5. The number of ether oxygens (including phenoxy) is 2. The van der Waals surface area contributed by atoms with E-state index < -0.39 is 11.8 Å². The third-order valence-corrected chi connectivity index (χ3v) is 5.91. The van der Waals surface area contributed by atoms with Gasteiger partial charge in [0, 0.05) is 27.1 Å². The molecular weight excluding hydrogens is 430 g/mol. The van der Waals surface area contributed by atoms with E-state index in [1.807, 2.05) is 60.2 Å². The Morgan fingerprint density at radius 1 is 1.12 bits per heavy atom. The van der Waals surface area contributed by atoms with Gasteiger partial charge in [0.25, 0.3) is 0 Å². The molecule has 0 unspecified atom stereocenters. The highest BCUT2D eigenvalue weighted by Crippen LogP contribution is 2.30. The first-order valence-electron chi connectivity index (χ1n) is 11.5. The lowest BCUT2D eigenvalue weighted by Crippen LogP contribution is -2.32. The van der Waals surface area contributed by atoms with Crippen LogP contribution in [0.2, 0.25) is 0 Å². The third kappa shape index (κ3) is 5.61. The lowest BCUT2D eigenvalue weighted by atomic mass is 9.98. The Hall–Kier alpha value is -3.29. The molecule has 0 aliphatic heterocycles. The number of methoxy groups -OCH3 is 2. The maximum atomic E-state index is 11.6. The van der Waals surface area contributed by atoms with Crippen molar-refractivity contribution in [2.75, 3.05) is 14.2 Å².